The van der Waals surface area contributed by atoms with E-state index in [1.165, 1.54) is 27.9 Å². The minimum absolute atomic E-state index is 0.0641. The Kier molecular flexibility index (Phi) is 4.08. The molecule has 134 valence electrons. The molecule has 0 saturated heterocycles. The fourth-order valence-electron chi connectivity index (χ4n) is 2.95. The van der Waals surface area contributed by atoms with E-state index in [2.05, 4.69) is 4.98 Å². The van der Waals surface area contributed by atoms with Gasteiger partial charge in [-0.3, -0.25) is 18.8 Å². The van der Waals surface area contributed by atoms with Crippen molar-refractivity contribution >= 4 is 38.9 Å². The van der Waals surface area contributed by atoms with Crippen molar-refractivity contribution in [1.82, 2.24) is 9.38 Å². The molecule has 2 aromatic carbocycles. The van der Waals surface area contributed by atoms with Gasteiger partial charge in [-0.1, -0.05) is 29.8 Å². The molecule has 0 atom stereocenters. The van der Waals surface area contributed by atoms with Crippen LogP contribution in [-0.4, -0.2) is 21.1 Å². The highest BCUT2D eigenvalue weighted by Crippen LogP contribution is 2.19. The summed E-state index contributed by atoms with van der Waals surface area (Å²) in [4.78, 5) is 41.8. The number of fused-ring (bicyclic) bond motifs is 2. The molecule has 27 heavy (non-hydrogen) atoms. The molecular weight excluding hydrogens is 362 g/mol. The van der Waals surface area contributed by atoms with Crippen molar-refractivity contribution in [2.45, 2.75) is 13.3 Å². The van der Waals surface area contributed by atoms with E-state index in [1.54, 1.807) is 23.6 Å². The van der Waals surface area contributed by atoms with Crippen LogP contribution in [0.3, 0.4) is 0 Å². The fourth-order valence-corrected chi connectivity index (χ4v) is 3.84. The van der Waals surface area contributed by atoms with Crippen LogP contribution >= 0.6 is 11.3 Å². The molecule has 0 spiro atoms. The number of thiazole rings is 1. The van der Waals surface area contributed by atoms with E-state index < -0.39 is 5.91 Å². The number of primary amides is 1. The highest BCUT2D eigenvalue weighted by molar-refractivity contribution is 7.15. The van der Waals surface area contributed by atoms with E-state index in [0.29, 0.717) is 32.7 Å². The maximum Gasteiger partial charge on any atom is 0.266 e. The zero-order valence-electron chi connectivity index (χ0n) is 14.4. The van der Waals surface area contributed by atoms with Crippen molar-refractivity contribution in [3.8, 4) is 0 Å². The number of nitrogens with two attached hydrogens (primary N) is 1. The molecule has 2 heterocycles. The molecule has 4 aromatic rings. The van der Waals surface area contributed by atoms with Crippen molar-refractivity contribution in [2.75, 3.05) is 0 Å². The number of hydrogen-bond acceptors (Lipinski definition) is 5. The predicted octanol–water partition coefficient (Wildman–Crippen LogP) is 2.74. The molecule has 2 N–H and O–H groups in total. The molecule has 0 saturated carbocycles. The second-order valence-electron chi connectivity index (χ2n) is 6.32. The van der Waals surface area contributed by atoms with Crippen LogP contribution in [0.15, 0.2) is 52.6 Å². The first kappa shape index (κ1) is 17.1. The fraction of sp³-hybridized carbons (Fsp3) is 0.100. The van der Waals surface area contributed by atoms with Gasteiger partial charge in [-0.05, 0) is 25.1 Å². The summed E-state index contributed by atoms with van der Waals surface area (Å²) in [6.45, 7) is 1.96. The molecule has 0 unspecified atom stereocenters. The van der Waals surface area contributed by atoms with Crippen LogP contribution in [0.2, 0.25) is 0 Å². The molecule has 0 fully saturated rings. The van der Waals surface area contributed by atoms with E-state index in [-0.39, 0.29) is 17.8 Å². The third-order valence-electron chi connectivity index (χ3n) is 4.43. The SMILES string of the molecule is Cc1ccc(C(=O)Cc2csc3nc4cc(C(N)=O)ccc4c(=O)n23)cc1. The maximum atomic E-state index is 12.9. The second-order valence-corrected chi connectivity index (χ2v) is 7.16. The van der Waals surface area contributed by atoms with Crippen LogP contribution in [0, 0.1) is 6.92 Å². The van der Waals surface area contributed by atoms with Gasteiger partial charge in [-0.25, -0.2) is 4.98 Å². The van der Waals surface area contributed by atoms with Crippen LogP contribution < -0.4 is 11.3 Å². The lowest BCUT2D eigenvalue weighted by atomic mass is 10.1. The van der Waals surface area contributed by atoms with Gasteiger partial charge in [0.25, 0.3) is 5.56 Å². The Balaban J connectivity index is 1.79. The van der Waals surface area contributed by atoms with Gasteiger partial charge in [-0.15, -0.1) is 11.3 Å². The van der Waals surface area contributed by atoms with Crippen LogP contribution in [0.5, 0.6) is 0 Å². The Labute approximate surface area is 157 Å². The average molecular weight is 377 g/mol. The van der Waals surface area contributed by atoms with Crippen molar-refractivity contribution < 1.29 is 9.59 Å². The number of nitrogens with zero attached hydrogens (tertiary/aromatic N) is 2. The van der Waals surface area contributed by atoms with Gasteiger partial charge >= 0.3 is 0 Å². The van der Waals surface area contributed by atoms with Crippen LogP contribution in [0.25, 0.3) is 15.9 Å². The molecular formula is C20H15N3O3S. The number of amides is 1. The predicted molar refractivity (Wildman–Crippen MR) is 105 cm³/mol. The number of hydrogen-bond donors (Lipinski definition) is 1. The lowest BCUT2D eigenvalue weighted by Gasteiger charge is -2.04. The highest BCUT2D eigenvalue weighted by Gasteiger charge is 2.15. The van der Waals surface area contributed by atoms with E-state index >= 15 is 0 Å². The lowest BCUT2D eigenvalue weighted by molar-refractivity contribution is 0.0986. The summed E-state index contributed by atoms with van der Waals surface area (Å²) < 4.78 is 1.46. The minimum Gasteiger partial charge on any atom is -0.366 e. The number of Topliss-reactive ketones (excluding diaryl/α,β-unsaturated/α-hetero) is 1. The molecule has 0 aliphatic heterocycles. The molecule has 0 radical (unpaired) electrons. The van der Waals surface area contributed by atoms with Crippen molar-refractivity contribution in [2.24, 2.45) is 5.73 Å². The Morgan fingerprint density at radius 3 is 2.52 bits per heavy atom. The standard InChI is InChI=1S/C20H15N3O3S/c1-11-2-4-12(5-3-11)17(24)9-14-10-27-20-22-16-8-13(18(21)25)6-7-15(16)19(26)23(14)20/h2-8,10H,9H2,1H3,(H2,21,25). The van der Waals surface area contributed by atoms with E-state index in [0.717, 1.165) is 5.56 Å². The number of ketones is 1. The summed E-state index contributed by atoms with van der Waals surface area (Å²) in [6.07, 6.45) is 0.107. The second kappa shape index (κ2) is 6.44. The molecule has 6 nitrogen and oxygen atoms in total. The molecule has 2 aromatic heterocycles. The largest absolute Gasteiger partial charge is 0.366 e. The van der Waals surface area contributed by atoms with E-state index in [4.69, 9.17) is 5.73 Å². The summed E-state index contributed by atoms with van der Waals surface area (Å²) in [5.74, 6) is -0.639. The Morgan fingerprint density at radius 2 is 1.81 bits per heavy atom. The monoisotopic (exact) mass is 377 g/mol. The lowest BCUT2D eigenvalue weighted by Crippen LogP contribution is -2.18. The Bertz CT molecular complexity index is 1270. The van der Waals surface area contributed by atoms with Crippen molar-refractivity contribution in [3.05, 3.63) is 80.6 Å². The zero-order valence-corrected chi connectivity index (χ0v) is 15.2. The van der Waals surface area contributed by atoms with Gasteiger partial charge < -0.3 is 5.73 Å². The molecule has 7 heteroatoms. The van der Waals surface area contributed by atoms with E-state index in [1.807, 2.05) is 19.1 Å². The van der Waals surface area contributed by atoms with Crippen LogP contribution in [0.4, 0.5) is 0 Å². The zero-order chi connectivity index (χ0) is 19.1. The number of carbonyl (C=O) groups is 2. The number of aryl methyl sites for hydroxylation is 1. The summed E-state index contributed by atoms with van der Waals surface area (Å²) in [7, 11) is 0. The van der Waals surface area contributed by atoms with Crippen LogP contribution in [-0.2, 0) is 6.42 Å². The minimum atomic E-state index is -0.575. The van der Waals surface area contributed by atoms with Crippen molar-refractivity contribution in [1.29, 1.82) is 0 Å². The molecule has 1 amide bonds. The summed E-state index contributed by atoms with van der Waals surface area (Å²) >= 11 is 1.28. The number of carbonyl (C=O) groups excluding carboxylic acids is 2. The topological polar surface area (TPSA) is 94.5 Å². The number of benzene rings is 2. The van der Waals surface area contributed by atoms with Gasteiger partial charge in [0.2, 0.25) is 5.91 Å². The summed E-state index contributed by atoms with van der Waals surface area (Å²) in [5.41, 5.74) is 8.02. The third kappa shape index (κ3) is 3.02. The molecule has 0 aliphatic rings. The first-order valence-electron chi connectivity index (χ1n) is 8.26. The van der Waals surface area contributed by atoms with Gasteiger partial charge in [0.1, 0.15) is 0 Å². The average Bonchev–Trinajstić information content (AvgIpc) is 3.04. The summed E-state index contributed by atoms with van der Waals surface area (Å²) in [5, 5.41) is 2.14. The highest BCUT2D eigenvalue weighted by atomic mass is 32.1. The van der Waals surface area contributed by atoms with Crippen LogP contribution in [0.1, 0.15) is 32.0 Å². The van der Waals surface area contributed by atoms with Gasteiger partial charge in [0.05, 0.1) is 17.3 Å². The van der Waals surface area contributed by atoms with Gasteiger partial charge in [0.15, 0.2) is 10.7 Å². The molecule has 0 aliphatic carbocycles. The Hall–Kier alpha value is -3.32. The van der Waals surface area contributed by atoms with E-state index in [9.17, 15) is 14.4 Å². The number of rotatable bonds is 4. The third-order valence-corrected chi connectivity index (χ3v) is 5.30. The summed E-state index contributed by atoms with van der Waals surface area (Å²) in [6, 6.07) is 11.9. The van der Waals surface area contributed by atoms with Gasteiger partial charge in [-0.2, -0.15) is 0 Å². The maximum absolute atomic E-state index is 12.9. The number of aromatic nitrogens is 2. The van der Waals surface area contributed by atoms with Crippen molar-refractivity contribution in [3.63, 3.8) is 0 Å². The Morgan fingerprint density at radius 1 is 1.11 bits per heavy atom. The quantitative estimate of drug-likeness (QED) is 0.553. The molecule has 0 bridgehead atoms. The first-order valence-corrected chi connectivity index (χ1v) is 9.14. The normalized spacial score (nSPS) is 11.1. The van der Waals surface area contributed by atoms with Gasteiger partial charge in [0, 0.05) is 22.2 Å². The smallest absolute Gasteiger partial charge is 0.266 e. The molecule has 4 rings (SSSR count). The first-order chi connectivity index (χ1) is 12.9.